The second-order valence-electron chi connectivity index (χ2n) is 7.72. The number of anilines is 1. The van der Waals surface area contributed by atoms with Crippen molar-refractivity contribution in [2.24, 2.45) is 20.5 Å². The molecule has 0 atom stereocenters. The van der Waals surface area contributed by atoms with E-state index in [9.17, 15) is 0 Å². The number of azo groups is 2. The second kappa shape index (κ2) is 17.3. The molecule has 0 spiro atoms. The molecule has 0 saturated heterocycles. The molecule has 0 aromatic heterocycles. The monoisotopic (exact) mass is 641 g/mol. The number of nitrogens with zero attached hydrogens (tertiary/aromatic N) is 4. The molecule has 17 heteroatoms. The SMILES string of the molecule is Nc1ccc(N=Nc2ccc(N=Nc3ccccc3)c3ccccc23)c2ccccc12.O=S(=O)=O.O=S(=O)=O.O=S(=O)=O. The highest BCUT2D eigenvalue weighted by atomic mass is 32.2. The molecule has 2 N–H and O–H groups in total. The van der Waals surface area contributed by atoms with Gasteiger partial charge in [-0.15, -0.1) is 53.2 Å². The first kappa shape index (κ1) is 33.7. The van der Waals surface area contributed by atoms with E-state index in [2.05, 4.69) is 20.5 Å². The van der Waals surface area contributed by atoms with Gasteiger partial charge >= 0.3 is 31.8 Å². The van der Waals surface area contributed by atoms with Crippen LogP contribution in [0.3, 0.4) is 0 Å². The molecule has 0 fully saturated rings. The molecule has 5 rings (SSSR count). The van der Waals surface area contributed by atoms with Crippen LogP contribution in [0.4, 0.5) is 28.4 Å². The van der Waals surface area contributed by atoms with Gasteiger partial charge in [-0.05, 0) is 36.4 Å². The van der Waals surface area contributed by atoms with Crippen molar-refractivity contribution in [2.45, 2.75) is 0 Å². The summed E-state index contributed by atoms with van der Waals surface area (Å²) in [5, 5.41) is 21.8. The normalized spacial score (nSPS) is 10.1. The minimum Gasteiger partial charge on any atom is -0.398 e. The summed E-state index contributed by atoms with van der Waals surface area (Å²) >= 11 is 0. The Kier molecular flexibility index (Phi) is 13.6. The second-order valence-corrected chi connectivity index (χ2v) is 8.94. The van der Waals surface area contributed by atoms with E-state index in [0.29, 0.717) is 0 Å². The molecule has 0 heterocycles. The smallest absolute Gasteiger partial charge is 0.398 e. The molecule has 0 bridgehead atoms. The third kappa shape index (κ3) is 11.9. The van der Waals surface area contributed by atoms with Gasteiger partial charge in [0.05, 0.1) is 22.7 Å². The lowest BCUT2D eigenvalue weighted by Crippen LogP contribution is -1.86. The van der Waals surface area contributed by atoms with E-state index < -0.39 is 31.8 Å². The van der Waals surface area contributed by atoms with Crippen LogP contribution < -0.4 is 5.73 Å². The Morgan fingerprint density at radius 3 is 1.09 bits per heavy atom. The molecule has 5 aromatic rings. The van der Waals surface area contributed by atoms with Gasteiger partial charge in [0.1, 0.15) is 0 Å². The third-order valence-corrected chi connectivity index (χ3v) is 5.11. The summed E-state index contributed by atoms with van der Waals surface area (Å²) < 4.78 is 76.0. The maximum absolute atomic E-state index is 8.44. The van der Waals surface area contributed by atoms with E-state index >= 15 is 0 Å². The van der Waals surface area contributed by atoms with Gasteiger partial charge in [-0.25, -0.2) is 0 Å². The molecule has 0 saturated carbocycles. The van der Waals surface area contributed by atoms with Crippen molar-refractivity contribution in [3.63, 3.8) is 0 Å². The molecule has 0 amide bonds. The Labute approximate surface area is 248 Å². The minimum absolute atomic E-state index is 0.730. The summed E-state index contributed by atoms with van der Waals surface area (Å²) in [7, 11) is -9.33. The van der Waals surface area contributed by atoms with Gasteiger partial charge in [0.2, 0.25) is 0 Å². The van der Waals surface area contributed by atoms with Crippen molar-refractivity contribution >= 4 is 81.8 Å². The predicted octanol–water partition coefficient (Wildman–Crippen LogP) is 5.39. The number of rotatable bonds is 4. The highest BCUT2D eigenvalue weighted by molar-refractivity contribution is 7.59. The van der Waals surface area contributed by atoms with E-state index in [-0.39, 0.29) is 0 Å². The Morgan fingerprint density at radius 2 is 0.674 bits per heavy atom. The summed E-state index contributed by atoms with van der Waals surface area (Å²) in [5.74, 6) is 0. The third-order valence-electron chi connectivity index (χ3n) is 5.11. The minimum atomic E-state index is -3.11. The lowest BCUT2D eigenvalue weighted by molar-refractivity contribution is 0.557. The molecule has 0 radical (unpaired) electrons. The fraction of sp³-hybridized carbons (Fsp3) is 0. The zero-order valence-electron chi connectivity index (χ0n) is 21.6. The van der Waals surface area contributed by atoms with Crippen molar-refractivity contribution in [3.05, 3.63) is 103 Å². The number of hydrogen-bond donors (Lipinski definition) is 1. The van der Waals surface area contributed by atoms with Crippen LogP contribution in [-0.4, -0.2) is 37.9 Å². The zero-order chi connectivity index (χ0) is 31.8. The van der Waals surface area contributed by atoms with Gasteiger partial charge in [-0.1, -0.05) is 66.7 Å². The van der Waals surface area contributed by atoms with E-state index in [0.717, 1.165) is 50.0 Å². The quantitative estimate of drug-likeness (QED) is 0.194. The maximum atomic E-state index is 8.44. The highest BCUT2D eigenvalue weighted by Gasteiger charge is 2.07. The van der Waals surface area contributed by atoms with Crippen LogP contribution >= 0.6 is 0 Å². The molecule has 0 unspecified atom stereocenters. The lowest BCUT2D eigenvalue weighted by atomic mass is 10.1. The van der Waals surface area contributed by atoms with Crippen LogP contribution in [-0.2, 0) is 31.8 Å². The van der Waals surface area contributed by atoms with Crippen molar-refractivity contribution in [1.29, 1.82) is 0 Å². The molecule has 0 aliphatic carbocycles. The number of benzene rings is 5. The van der Waals surface area contributed by atoms with Crippen LogP contribution in [0.2, 0.25) is 0 Å². The Hall–Kier alpha value is -5.52. The van der Waals surface area contributed by atoms with Gasteiger partial charge in [-0.3, -0.25) is 0 Å². The van der Waals surface area contributed by atoms with Crippen molar-refractivity contribution in [3.8, 4) is 0 Å². The summed E-state index contributed by atoms with van der Waals surface area (Å²) in [6.07, 6.45) is 0. The summed E-state index contributed by atoms with van der Waals surface area (Å²) in [6, 6.07) is 33.2. The first-order valence-electron chi connectivity index (χ1n) is 11.5. The summed E-state index contributed by atoms with van der Waals surface area (Å²) in [6.45, 7) is 0. The molecular formula is C26H19N5O9S3. The first-order chi connectivity index (χ1) is 20.5. The summed E-state index contributed by atoms with van der Waals surface area (Å²) in [4.78, 5) is 0. The molecular weight excluding hydrogens is 623 g/mol. The molecule has 14 nitrogen and oxygen atoms in total. The van der Waals surface area contributed by atoms with Gasteiger partial charge in [0.25, 0.3) is 0 Å². The number of nitrogen functional groups attached to an aromatic ring is 1. The van der Waals surface area contributed by atoms with Crippen LogP contribution in [0.1, 0.15) is 0 Å². The molecule has 5 aromatic carbocycles. The first-order valence-corrected chi connectivity index (χ1v) is 14.5. The number of fused-ring (bicyclic) bond motifs is 2. The predicted molar refractivity (Wildman–Crippen MR) is 156 cm³/mol. The number of hydrogen-bond acceptors (Lipinski definition) is 14. The van der Waals surface area contributed by atoms with E-state index in [4.69, 9.17) is 43.6 Å². The van der Waals surface area contributed by atoms with Crippen molar-refractivity contribution in [1.82, 2.24) is 0 Å². The zero-order valence-corrected chi connectivity index (χ0v) is 24.0. The van der Waals surface area contributed by atoms with Gasteiger partial charge in [0.15, 0.2) is 0 Å². The average molecular weight is 642 g/mol. The molecule has 0 aliphatic rings. The van der Waals surface area contributed by atoms with Crippen LogP contribution in [0.25, 0.3) is 21.5 Å². The van der Waals surface area contributed by atoms with Gasteiger partial charge in [-0.2, -0.15) is 5.11 Å². The highest BCUT2D eigenvalue weighted by Crippen LogP contribution is 2.36. The molecule has 220 valence electrons. The van der Waals surface area contributed by atoms with E-state index in [1.54, 1.807) is 0 Å². The molecule has 0 aliphatic heterocycles. The standard InChI is InChI=1S/C26H19N5.3O3S/c27-23-14-15-24(20-11-5-4-10-19(20)23)30-31-26-17-16-25(21-12-6-7-13-22(21)26)29-28-18-8-2-1-3-9-18;3*1-4(2)3/h1-17H,27H2;;;. The van der Waals surface area contributed by atoms with Gasteiger partial charge in [0, 0.05) is 27.2 Å². The van der Waals surface area contributed by atoms with E-state index in [1.165, 1.54) is 0 Å². The van der Waals surface area contributed by atoms with Crippen molar-refractivity contribution < 1.29 is 37.9 Å². The number of nitrogens with two attached hydrogens (primary N) is 1. The molecule has 43 heavy (non-hydrogen) atoms. The maximum Gasteiger partial charge on any atom is 0.425 e. The van der Waals surface area contributed by atoms with Gasteiger partial charge < -0.3 is 5.73 Å². The van der Waals surface area contributed by atoms with Crippen LogP contribution in [0, 0.1) is 0 Å². The fourth-order valence-corrected chi connectivity index (χ4v) is 3.55. The van der Waals surface area contributed by atoms with Crippen LogP contribution in [0.15, 0.2) is 124 Å². The Morgan fingerprint density at radius 1 is 0.372 bits per heavy atom. The Bertz CT molecular complexity index is 2040. The van der Waals surface area contributed by atoms with Crippen molar-refractivity contribution in [2.75, 3.05) is 5.73 Å². The van der Waals surface area contributed by atoms with Crippen LogP contribution in [0.5, 0.6) is 0 Å². The topological polar surface area (TPSA) is 229 Å². The van der Waals surface area contributed by atoms with E-state index in [1.807, 2.05) is 103 Å². The fourth-order valence-electron chi connectivity index (χ4n) is 3.55. The average Bonchev–Trinajstić information content (AvgIpc) is 2.96. The lowest BCUT2D eigenvalue weighted by Gasteiger charge is -2.06. The largest absolute Gasteiger partial charge is 0.425 e. The Balaban J connectivity index is 0.000000462. The summed E-state index contributed by atoms with van der Waals surface area (Å²) in [5.41, 5.74) is 9.98.